The Bertz CT molecular complexity index is 785. The van der Waals surface area contributed by atoms with Crippen molar-refractivity contribution in [2.45, 2.75) is 53.0 Å². The Morgan fingerprint density at radius 3 is 2.72 bits per heavy atom. The Kier molecular flexibility index (Phi) is 5.44. The van der Waals surface area contributed by atoms with Gasteiger partial charge in [0.25, 0.3) is 11.6 Å². The second-order valence-corrected chi connectivity index (χ2v) is 7.82. The minimum absolute atomic E-state index is 0. The molecular formula is C18H27ClN4O2. The van der Waals surface area contributed by atoms with Crippen LogP contribution in [-0.2, 0) is 0 Å². The number of hydrogen-bond acceptors (Lipinski definition) is 5. The molecule has 6 nitrogen and oxygen atoms in total. The molecule has 0 bridgehead atoms. The Morgan fingerprint density at radius 1 is 1.44 bits per heavy atom. The van der Waals surface area contributed by atoms with E-state index >= 15 is 0 Å². The fourth-order valence-corrected chi connectivity index (χ4v) is 3.38. The van der Waals surface area contributed by atoms with Crippen LogP contribution in [0.1, 0.15) is 61.8 Å². The van der Waals surface area contributed by atoms with Gasteiger partial charge in [-0.1, -0.05) is 32.9 Å². The molecule has 0 aliphatic carbocycles. The van der Waals surface area contributed by atoms with Crippen LogP contribution in [0, 0.1) is 12.3 Å². The molecule has 2 aromatic heterocycles. The van der Waals surface area contributed by atoms with Crippen molar-refractivity contribution in [2.24, 2.45) is 11.1 Å². The van der Waals surface area contributed by atoms with E-state index in [2.05, 4.69) is 24.0 Å². The highest BCUT2D eigenvalue weighted by atomic mass is 35.5. The van der Waals surface area contributed by atoms with Crippen molar-refractivity contribution in [2.75, 3.05) is 13.1 Å². The van der Waals surface area contributed by atoms with Crippen molar-refractivity contribution in [3.05, 3.63) is 23.0 Å². The molecular weight excluding hydrogens is 340 g/mol. The van der Waals surface area contributed by atoms with E-state index in [1.165, 1.54) is 0 Å². The normalized spacial score (nSPS) is 20.0. The van der Waals surface area contributed by atoms with Gasteiger partial charge in [0, 0.05) is 24.8 Å². The first-order valence-electron chi connectivity index (χ1n) is 8.52. The number of aryl methyl sites for hydroxylation is 1. The molecule has 3 rings (SSSR count). The Morgan fingerprint density at radius 2 is 2.12 bits per heavy atom. The number of carbonyl (C=O) groups is 1. The summed E-state index contributed by atoms with van der Waals surface area (Å²) in [5, 5.41) is 4.88. The third-order valence-electron chi connectivity index (χ3n) is 4.98. The van der Waals surface area contributed by atoms with Crippen LogP contribution in [0.3, 0.4) is 0 Å². The number of piperidine rings is 1. The van der Waals surface area contributed by atoms with Gasteiger partial charge in [-0.05, 0) is 30.7 Å². The van der Waals surface area contributed by atoms with Crippen LogP contribution >= 0.6 is 12.4 Å². The Labute approximate surface area is 154 Å². The zero-order chi connectivity index (χ0) is 17.6. The average molecular weight is 367 g/mol. The van der Waals surface area contributed by atoms with Gasteiger partial charge in [0.15, 0.2) is 0 Å². The summed E-state index contributed by atoms with van der Waals surface area (Å²) in [6.07, 6.45) is 0.812. The summed E-state index contributed by atoms with van der Waals surface area (Å²) in [7, 11) is 0. The highest BCUT2D eigenvalue weighted by molar-refractivity contribution is 6.06. The van der Waals surface area contributed by atoms with E-state index in [4.69, 9.17) is 10.3 Å². The smallest absolute Gasteiger partial charge is 0.259 e. The van der Waals surface area contributed by atoms with Crippen LogP contribution in [-0.4, -0.2) is 40.1 Å². The molecule has 0 radical (unpaired) electrons. The summed E-state index contributed by atoms with van der Waals surface area (Å²) in [6.45, 7) is 11.5. The number of halogens is 1. The van der Waals surface area contributed by atoms with Crippen LogP contribution in [0.25, 0.3) is 11.1 Å². The van der Waals surface area contributed by atoms with E-state index in [-0.39, 0.29) is 35.7 Å². The molecule has 1 atom stereocenters. The predicted molar refractivity (Wildman–Crippen MR) is 100 cm³/mol. The molecule has 2 aromatic rings. The van der Waals surface area contributed by atoms with Crippen LogP contribution < -0.4 is 5.73 Å². The SMILES string of the molecule is Cc1cc(C(=O)N2CCC(N)C(C)(C)C2)c2c(C(C)C)noc2n1.Cl. The molecule has 25 heavy (non-hydrogen) atoms. The largest absolute Gasteiger partial charge is 0.338 e. The minimum atomic E-state index is -0.0926. The number of rotatable bonds is 2. The van der Waals surface area contributed by atoms with Crippen molar-refractivity contribution < 1.29 is 9.32 Å². The van der Waals surface area contributed by atoms with Crippen LogP contribution in [0.4, 0.5) is 0 Å². The fourth-order valence-electron chi connectivity index (χ4n) is 3.38. The number of nitrogens with zero attached hydrogens (tertiary/aromatic N) is 3. The maximum absolute atomic E-state index is 13.2. The highest BCUT2D eigenvalue weighted by Gasteiger charge is 2.36. The molecule has 2 N–H and O–H groups in total. The topological polar surface area (TPSA) is 85.2 Å². The first kappa shape index (κ1) is 19.7. The molecule has 1 unspecified atom stereocenters. The summed E-state index contributed by atoms with van der Waals surface area (Å²) < 4.78 is 5.38. The number of aromatic nitrogens is 2. The van der Waals surface area contributed by atoms with Gasteiger partial charge in [0.05, 0.1) is 16.6 Å². The molecule has 1 aliphatic heterocycles. The second kappa shape index (κ2) is 6.92. The van der Waals surface area contributed by atoms with Crippen molar-refractivity contribution in [3.8, 4) is 0 Å². The van der Waals surface area contributed by atoms with Gasteiger partial charge in [0.2, 0.25) is 0 Å². The lowest BCUT2D eigenvalue weighted by atomic mass is 9.79. The van der Waals surface area contributed by atoms with E-state index < -0.39 is 0 Å². The van der Waals surface area contributed by atoms with Gasteiger partial charge in [-0.2, -0.15) is 0 Å². The lowest BCUT2D eigenvalue weighted by Crippen LogP contribution is -2.54. The first-order chi connectivity index (χ1) is 11.2. The Balaban J connectivity index is 0.00000225. The summed E-state index contributed by atoms with van der Waals surface area (Å²) in [5.41, 5.74) is 8.72. The molecule has 1 fully saturated rings. The molecule has 0 spiro atoms. The number of carbonyl (C=O) groups excluding carboxylic acids is 1. The lowest BCUT2D eigenvalue weighted by Gasteiger charge is -2.42. The molecule has 1 saturated heterocycles. The third kappa shape index (κ3) is 3.51. The van der Waals surface area contributed by atoms with E-state index in [0.717, 1.165) is 23.2 Å². The van der Waals surface area contributed by atoms with Gasteiger partial charge in [-0.15, -0.1) is 12.4 Å². The zero-order valence-corrected chi connectivity index (χ0v) is 16.3. The predicted octanol–water partition coefficient (Wildman–Crippen LogP) is 3.28. The van der Waals surface area contributed by atoms with E-state index in [9.17, 15) is 4.79 Å². The lowest BCUT2D eigenvalue weighted by molar-refractivity contribution is 0.0534. The number of hydrogen-bond donors (Lipinski definition) is 1. The summed E-state index contributed by atoms with van der Waals surface area (Å²) in [4.78, 5) is 19.5. The van der Waals surface area contributed by atoms with Gasteiger partial charge >= 0.3 is 0 Å². The van der Waals surface area contributed by atoms with E-state index in [1.54, 1.807) is 0 Å². The van der Waals surface area contributed by atoms with Crippen LogP contribution in [0.5, 0.6) is 0 Å². The fraction of sp³-hybridized carbons (Fsp3) is 0.611. The van der Waals surface area contributed by atoms with Crippen LogP contribution in [0.2, 0.25) is 0 Å². The quantitative estimate of drug-likeness (QED) is 0.881. The van der Waals surface area contributed by atoms with Crippen LogP contribution in [0.15, 0.2) is 10.6 Å². The van der Waals surface area contributed by atoms with Gasteiger partial charge in [-0.3, -0.25) is 4.79 Å². The number of nitrogens with two attached hydrogens (primary N) is 1. The molecule has 0 aromatic carbocycles. The highest BCUT2D eigenvalue weighted by Crippen LogP contribution is 2.32. The van der Waals surface area contributed by atoms with Gasteiger partial charge in [0.1, 0.15) is 0 Å². The second-order valence-electron chi connectivity index (χ2n) is 7.82. The maximum Gasteiger partial charge on any atom is 0.259 e. The molecule has 1 aliphatic rings. The average Bonchev–Trinajstić information content (AvgIpc) is 2.92. The van der Waals surface area contributed by atoms with Crippen molar-refractivity contribution in [3.63, 3.8) is 0 Å². The third-order valence-corrected chi connectivity index (χ3v) is 4.98. The first-order valence-corrected chi connectivity index (χ1v) is 8.52. The maximum atomic E-state index is 13.2. The number of likely N-dealkylation sites (tertiary alicyclic amines) is 1. The standard InChI is InChI=1S/C18H26N4O2.ClH/c1-10(2)15-14-12(8-11(3)20-16(14)24-21-15)17(23)22-7-6-13(19)18(4,5)9-22;/h8,10,13H,6-7,9,19H2,1-5H3;1H. The number of fused-ring (bicyclic) bond motifs is 1. The molecule has 7 heteroatoms. The van der Waals surface area contributed by atoms with E-state index in [0.29, 0.717) is 24.4 Å². The van der Waals surface area contributed by atoms with Crippen molar-refractivity contribution in [1.82, 2.24) is 15.0 Å². The van der Waals surface area contributed by atoms with E-state index in [1.807, 2.05) is 31.7 Å². The van der Waals surface area contributed by atoms with Gasteiger partial charge < -0.3 is 15.2 Å². The zero-order valence-electron chi connectivity index (χ0n) is 15.5. The number of pyridine rings is 1. The summed E-state index contributed by atoms with van der Waals surface area (Å²) in [6, 6.07) is 1.96. The molecule has 3 heterocycles. The molecule has 1 amide bonds. The minimum Gasteiger partial charge on any atom is -0.338 e. The summed E-state index contributed by atoms with van der Waals surface area (Å²) in [5.74, 6) is 0.170. The number of amides is 1. The summed E-state index contributed by atoms with van der Waals surface area (Å²) >= 11 is 0. The molecule has 0 saturated carbocycles. The Hall–Kier alpha value is -1.66. The monoisotopic (exact) mass is 366 g/mol. The van der Waals surface area contributed by atoms with Crippen molar-refractivity contribution in [1.29, 1.82) is 0 Å². The van der Waals surface area contributed by atoms with Crippen molar-refractivity contribution >= 4 is 29.4 Å². The van der Waals surface area contributed by atoms with Gasteiger partial charge in [-0.25, -0.2) is 4.98 Å². The molecule has 138 valence electrons.